The highest BCUT2D eigenvalue weighted by atomic mass is 79.9. The lowest BCUT2D eigenvalue weighted by molar-refractivity contribution is -0.138. The van der Waals surface area contributed by atoms with Crippen LogP contribution in [-0.4, -0.2) is 6.04 Å². The Morgan fingerprint density at radius 1 is 1.30 bits per heavy atom. The predicted molar refractivity (Wildman–Crippen MR) is 78.8 cm³/mol. The summed E-state index contributed by atoms with van der Waals surface area (Å²) in [5.74, 6) is 0.693. The summed E-state index contributed by atoms with van der Waals surface area (Å²) >= 11 is 2.96. The molecule has 1 N–H and O–H groups in total. The summed E-state index contributed by atoms with van der Waals surface area (Å²) in [4.78, 5) is 0. The zero-order valence-corrected chi connectivity index (χ0v) is 13.0. The van der Waals surface area contributed by atoms with E-state index in [0.717, 1.165) is 25.7 Å². The highest BCUT2D eigenvalue weighted by Crippen LogP contribution is 2.37. The molecule has 20 heavy (non-hydrogen) atoms. The lowest BCUT2D eigenvalue weighted by Crippen LogP contribution is -2.27. The first-order chi connectivity index (χ1) is 9.40. The van der Waals surface area contributed by atoms with Crippen LogP contribution in [0.4, 0.5) is 18.9 Å². The van der Waals surface area contributed by atoms with Crippen molar-refractivity contribution in [2.24, 2.45) is 5.92 Å². The minimum atomic E-state index is -4.32. The van der Waals surface area contributed by atoms with E-state index in [-0.39, 0.29) is 10.5 Å². The normalized spacial score (nSPS) is 23.6. The van der Waals surface area contributed by atoms with Gasteiger partial charge in [0.1, 0.15) is 0 Å². The van der Waals surface area contributed by atoms with E-state index in [9.17, 15) is 13.2 Å². The van der Waals surface area contributed by atoms with E-state index < -0.39 is 11.7 Å². The van der Waals surface area contributed by atoms with Crippen molar-refractivity contribution in [3.05, 3.63) is 28.2 Å². The van der Waals surface area contributed by atoms with E-state index in [2.05, 4.69) is 28.2 Å². The SMILES string of the molecule is CCC1CCCC(Nc2ccc(Br)c(C(F)(F)F)c2)C1. The molecule has 112 valence electrons. The number of hydrogen-bond donors (Lipinski definition) is 1. The fourth-order valence-electron chi connectivity index (χ4n) is 2.86. The van der Waals surface area contributed by atoms with Crippen LogP contribution in [0, 0.1) is 5.92 Å². The molecule has 2 rings (SSSR count). The standard InChI is InChI=1S/C15H19BrF3N/c1-2-10-4-3-5-11(8-10)20-12-6-7-14(16)13(9-12)15(17,18)19/h6-7,9-11,20H,2-5,8H2,1H3. The predicted octanol–water partition coefficient (Wildman–Crippen LogP) is 5.85. The molecule has 1 aromatic rings. The molecule has 1 aromatic carbocycles. The maximum atomic E-state index is 12.9. The third-order valence-electron chi connectivity index (χ3n) is 4.00. The van der Waals surface area contributed by atoms with E-state index in [0.29, 0.717) is 11.6 Å². The molecule has 1 saturated carbocycles. The average molecular weight is 350 g/mol. The molecule has 1 aliphatic rings. The molecule has 1 nitrogen and oxygen atoms in total. The summed E-state index contributed by atoms with van der Waals surface area (Å²) in [5.41, 5.74) is -0.0624. The minimum absolute atomic E-state index is 0.0885. The third-order valence-corrected chi connectivity index (χ3v) is 4.69. The zero-order chi connectivity index (χ0) is 14.8. The van der Waals surface area contributed by atoms with Gasteiger partial charge in [-0.1, -0.05) is 42.1 Å². The van der Waals surface area contributed by atoms with Crippen LogP contribution in [0.15, 0.2) is 22.7 Å². The van der Waals surface area contributed by atoms with Crippen LogP contribution in [0.25, 0.3) is 0 Å². The molecule has 2 atom stereocenters. The maximum absolute atomic E-state index is 12.9. The largest absolute Gasteiger partial charge is 0.417 e. The van der Waals surface area contributed by atoms with Crippen LogP contribution in [-0.2, 0) is 6.18 Å². The molecule has 0 bridgehead atoms. The van der Waals surface area contributed by atoms with Gasteiger partial charge in [0.15, 0.2) is 0 Å². The summed E-state index contributed by atoms with van der Waals surface area (Å²) in [7, 11) is 0. The summed E-state index contributed by atoms with van der Waals surface area (Å²) in [5, 5.41) is 3.26. The van der Waals surface area contributed by atoms with Gasteiger partial charge < -0.3 is 5.32 Å². The molecule has 0 radical (unpaired) electrons. The Morgan fingerprint density at radius 3 is 2.70 bits per heavy atom. The van der Waals surface area contributed by atoms with Crippen LogP contribution >= 0.6 is 15.9 Å². The number of rotatable bonds is 3. The number of nitrogens with one attached hydrogen (secondary N) is 1. The van der Waals surface area contributed by atoms with Crippen molar-refractivity contribution >= 4 is 21.6 Å². The van der Waals surface area contributed by atoms with Crippen molar-refractivity contribution in [2.75, 3.05) is 5.32 Å². The van der Waals surface area contributed by atoms with Gasteiger partial charge in [-0.2, -0.15) is 13.2 Å². The smallest absolute Gasteiger partial charge is 0.382 e. The number of hydrogen-bond acceptors (Lipinski definition) is 1. The van der Waals surface area contributed by atoms with Gasteiger partial charge in [0, 0.05) is 16.2 Å². The number of halogens is 4. The Labute approximate surface area is 126 Å². The third kappa shape index (κ3) is 3.90. The minimum Gasteiger partial charge on any atom is -0.382 e. The molecule has 2 unspecified atom stereocenters. The monoisotopic (exact) mass is 349 g/mol. The molecule has 1 fully saturated rings. The van der Waals surface area contributed by atoms with Crippen molar-refractivity contribution in [1.82, 2.24) is 0 Å². The summed E-state index contributed by atoms with van der Waals surface area (Å²) < 4.78 is 38.7. The molecule has 0 spiro atoms. The van der Waals surface area contributed by atoms with Gasteiger partial charge in [-0.15, -0.1) is 0 Å². The van der Waals surface area contributed by atoms with Crippen molar-refractivity contribution in [2.45, 2.75) is 51.2 Å². The first-order valence-electron chi connectivity index (χ1n) is 7.03. The molecular formula is C15H19BrF3N. The van der Waals surface area contributed by atoms with Crippen LogP contribution in [0.5, 0.6) is 0 Å². The Kier molecular flexibility index (Phi) is 4.99. The van der Waals surface area contributed by atoms with Crippen LogP contribution in [0.2, 0.25) is 0 Å². The van der Waals surface area contributed by atoms with Crippen molar-refractivity contribution in [1.29, 1.82) is 0 Å². The van der Waals surface area contributed by atoms with E-state index in [1.807, 2.05) is 0 Å². The van der Waals surface area contributed by atoms with Gasteiger partial charge >= 0.3 is 6.18 Å². The van der Waals surface area contributed by atoms with Gasteiger partial charge in [0.25, 0.3) is 0 Å². The number of alkyl halides is 3. The highest BCUT2D eigenvalue weighted by Gasteiger charge is 2.33. The van der Waals surface area contributed by atoms with Crippen molar-refractivity contribution in [3.8, 4) is 0 Å². The quantitative estimate of drug-likeness (QED) is 0.721. The van der Waals surface area contributed by atoms with Crippen LogP contribution in [0.1, 0.15) is 44.6 Å². The first kappa shape index (κ1) is 15.7. The van der Waals surface area contributed by atoms with Gasteiger partial charge in [-0.05, 0) is 37.0 Å². The van der Waals surface area contributed by atoms with E-state index in [1.54, 1.807) is 6.07 Å². The lowest BCUT2D eigenvalue weighted by Gasteiger charge is -2.30. The highest BCUT2D eigenvalue weighted by molar-refractivity contribution is 9.10. The summed E-state index contributed by atoms with van der Waals surface area (Å²) in [6, 6.07) is 4.65. The topological polar surface area (TPSA) is 12.0 Å². The Balaban J connectivity index is 2.10. The second-order valence-electron chi connectivity index (χ2n) is 5.47. The van der Waals surface area contributed by atoms with E-state index >= 15 is 0 Å². The van der Waals surface area contributed by atoms with Gasteiger partial charge in [-0.3, -0.25) is 0 Å². The molecule has 1 aliphatic carbocycles. The van der Waals surface area contributed by atoms with Crippen LogP contribution in [0.3, 0.4) is 0 Å². The summed E-state index contributed by atoms with van der Waals surface area (Å²) in [6.45, 7) is 2.18. The van der Waals surface area contributed by atoms with Crippen LogP contribution < -0.4 is 5.32 Å². The molecule has 0 aliphatic heterocycles. The Bertz CT molecular complexity index is 459. The molecule has 0 amide bonds. The molecule has 5 heteroatoms. The second-order valence-corrected chi connectivity index (χ2v) is 6.33. The molecular weight excluding hydrogens is 331 g/mol. The van der Waals surface area contributed by atoms with Crippen molar-refractivity contribution in [3.63, 3.8) is 0 Å². The fraction of sp³-hybridized carbons (Fsp3) is 0.600. The number of benzene rings is 1. The fourth-order valence-corrected chi connectivity index (χ4v) is 3.33. The molecule has 0 heterocycles. The van der Waals surface area contributed by atoms with Gasteiger partial charge in [0.05, 0.1) is 5.56 Å². The number of anilines is 1. The Hall–Kier alpha value is -0.710. The van der Waals surface area contributed by atoms with Gasteiger partial charge in [-0.25, -0.2) is 0 Å². The van der Waals surface area contributed by atoms with Gasteiger partial charge in [0.2, 0.25) is 0 Å². The average Bonchev–Trinajstić information content (AvgIpc) is 2.40. The summed E-state index contributed by atoms with van der Waals surface area (Å²) in [6.07, 6.45) is 1.30. The van der Waals surface area contributed by atoms with Crippen molar-refractivity contribution < 1.29 is 13.2 Å². The van der Waals surface area contributed by atoms with E-state index in [4.69, 9.17) is 0 Å². The maximum Gasteiger partial charge on any atom is 0.417 e. The second kappa shape index (κ2) is 6.37. The molecule has 0 saturated heterocycles. The molecule has 0 aromatic heterocycles. The lowest BCUT2D eigenvalue weighted by atomic mass is 9.84. The Morgan fingerprint density at radius 2 is 2.05 bits per heavy atom. The van der Waals surface area contributed by atoms with E-state index in [1.165, 1.54) is 18.6 Å². The first-order valence-corrected chi connectivity index (χ1v) is 7.82. The zero-order valence-electron chi connectivity index (χ0n) is 11.4.